The maximum atomic E-state index is 13.8. The quantitative estimate of drug-likeness (QED) is 0.547. The lowest BCUT2D eigenvalue weighted by Gasteiger charge is -2.19. The molecule has 0 radical (unpaired) electrons. The Hall–Kier alpha value is -3.17. The van der Waals surface area contributed by atoms with E-state index in [-0.39, 0.29) is 0 Å². The van der Waals surface area contributed by atoms with E-state index in [4.69, 9.17) is 19.8 Å². The van der Waals surface area contributed by atoms with Gasteiger partial charge < -0.3 is 14.8 Å². The third kappa shape index (κ3) is 4.47. The molecule has 0 aliphatic heterocycles. The molecule has 0 saturated heterocycles. The van der Waals surface area contributed by atoms with E-state index in [0.29, 0.717) is 0 Å². The minimum Gasteiger partial charge on any atom is -0.473 e. The van der Waals surface area contributed by atoms with Gasteiger partial charge in [-0.25, -0.2) is 9.59 Å². The van der Waals surface area contributed by atoms with E-state index >= 15 is 0 Å². The molecule has 0 bridgehead atoms. The Morgan fingerprint density at radius 3 is 0.962 bits per heavy atom. The van der Waals surface area contributed by atoms with Gasteiger partial charge in [0.25, 0.3) is 0 Å². The molecule has 0 aromatic heterocycles. The lowest BCUT2D eigenvalue weighted by atomic mass is 10.4. The van der Waals surface area contributed by atoms with Crippen LogP contribution in [0.15, 0.2) is 91.0 Å². The topological polar surface area (TPSA) is 91.7 Å². The Labute approximate surface area is 150 Å². The highest BCUT2D eigenvalue weighted by Gasteiger charge is 2.28. The van der Waals surface area contributed by atoms with Gasteiger partial charge in [-0.05, 0) is 0 Å². The van der Waals surface area contributed by atoms with Crippen molar-refractivity contribution in [3.8, 4) is 0 Å². The van der Waals surface area contributed by atoms with Crippen molar-refractivity contribution in [2.45, 2.75) is 0 Å². The molecule has 0 amide bonds. The van der Waals surface area contributed by atoms with Gasteiger partial charge in [0.1, 0.15) is 0 Å². The summed E-state index contributed by atoms with van der Waals surface area (Å²) in [6, 6.07) is 29.1. The smallest absolute Gasteiger partial charge is 0.414 e. The Kier molecular flexibility index (Phi) is 6.48. The van der Waals surface area contributed by atoms with Gasteiger partial charge in [0, 0.05) is 15.9 Å². The van der Waals surface area contributed by atoms with E-state index in [9.17, 15) is 4.57 Å². The second-order valence-electron chi connectivity index (χ2n) is 5.23. The van der Waals surface area contributed by atoms with Crippen LogP contribution in [0.2, 0.25) is 0 Å². The molecule has 0 atom stereocenters. The number of carboxylic acid groups (broad SMARTS) is 2. The SMILES string of the molecule is O=C(O)C(=O)O.O=P(c1ccccc1)(c1ccccc1)c1ccccc1. The van der Waals surface area contributed by atoms with Crippen molar-refractivity contribution in [3.05, 3.63) is 91.0 Å². The van der Waals surface area contributed by atoms with E-state index in [1.807, 2.05) is 91.0 Å². The molecular weight excluding hydrogens is 351 g/mol. The summed E-state index contributed by atoms with van der Waals surface area (Å²) in [5.41, 5.74) is 0. The normalized spacial score (nSPS) is 10.3. The van der Waals surface area contributed by atoms with Gasteiger partial charge in [0.05, 0.1) is 0 Å². The highest BCUT2D eigenvalue weighted by molar-refractivity contribution is 7.85. The average Bonchev–Trinajstić information content (AvgIpc) is 2.70. The van der Waals surface area contributed by atoms with Crippen LogP contribution in [-0.2, 0) is 14.2 Å². The molecule has 0 saturated carbocycles. The highest BCUT2D eigenvalue weighted by Crippen LogP contribution is 2.41. The maximum Gasteiger partial charge on any atom is 0.414 e. The van der Waals surface area contributed by atoms with Gasteiger partial charge in [-0.1, -0.05) is 91.0 Å². The molecule has 0 fully saturated rings. The average molecular weight is 368 g/mol. The Morgan fingerprint density at radius 2 is 0.769 bits per heavy atom. The molecule has 3 aromatic rings. The largest absolute Gasteiger partial charge is 0.473 e. The first-order valence-corrected chi connectivity index (χ1v) is 9.40. The molecular formula is C20H17O5P. The van der Waals surface area contributed by atoms with E-state index in [1.54, 1.807) is 0 Å². The van der Waals surface area contributed by atoms with E-state index in [0.717, 1.165) is 15.9 Å². The Morgan fingerprint density at radius 1 is 0.538 bits per heavy atom. The standard InChI is InChI=1S/C18H15OP.C2H2O4/c19-20(16-10-4-1-5-11-16,17-12-6-2-7-13-17)18-14-8-3-9-15-18;3-1(4)2(5)6/h1-15H;(H,3,4)(H,5,6). The molecule has 26 heavy (non-hydrogen) atoms. The summed E-state index contributed by atoms with van der Waals surface area (Å²) >= 11 is 0. The lowest BCUT2D eigenvalue weighted by molar-refractivity contribution is -0.159. The van der Waals surface area contributed by atoms with Crippen LogP contribution in [0.3, 0.4) is 0 Å². The van der Waals surface area contributed by atoms with Gasteiger partial charge in [0.2, 0.25) is 0 Å². The maximum absolute atomic E-state index is 13.8. The molecule has 6 heteroatoms. The van der Waals surface area contributed by atoms with Crippen molar-refractivity contribution in [1.82, 2.24) is 0 Å². The fourth-order valence-electron chi connectivity index (χ4n) is 2.36. The minimum atomic E-state index is -2.78. The molecule has 0 unspecified atom stereocenters. The van der Waals surface area contributed by atoms with Crippen molar-refractivity contribution in [2.75, 3.05) is 0 Å². The summed E-state index contributed by atoms with van der Waals surface area (Å²) < 4.78 is 13.8. The molecule has 3 aromatic carbocycles. The first kappa shape index (κ1) is 19.2. The summed E-state index contributed by atoms with van der Waals surface area (Å²) in [4.78, 5) is 18.2. The summed E-state index contributed by atoms with van der Waals surface area (Å²) in [5.74, 6) is -3.65. The van der Waals surface area contributed by atoms with Crippen LogP contribution in [0.25, 0.3) is 0 Å². The number of carboxylic acids is 2. The Bertz CT molecular complexity index is 793. The number of hydrogen-bond acceptors (Lipinski definition) is 3. The van der Waals surface area contributed by atoms with E-state index < -0.39 is 19.1 Å². The summed E-state index contributed by atoms with van der Waals surface area (Å²) in [6.45, 7) is 0. The van der Waals surface area contributed by atoms with Crippen LogP contribution >= 0.6 is 7.14 Å². The monoisotopic (exact) mass is 368 g/mol. The molecule has 0 aliphatic carbocycles. The predicted molar refractivity (Wildman–Crippen MR) is 101 cm³/mol. The van der Waals surface area contributed by atoms with Crippen molar-refractivity contribution < 1.29 is 24.4 Å². The zero-order chi connectivity index (χ0) is 19.0. The summed E-state index contributed by atoms with van der Waals surface area (Å²) in [6.07, 6.45) is 0. The lowest BCUT2D eigenvalue weighted by Crippen LogP contribution is -2.24. The molecule has 5 nitrogen and oxygen atoms in total. The van der Waals surface area contributed by atoms with Crippen LogP contribution in [0, 0.1) is 0 Å². The first-order valence-electron chi connectivity index (χ1n) is 7.69. The van der Waals surface area contributed by atoms with Gasteiger partial charge in [0.15, 0.2) is 7.14 Å². The van der Waals surface area contributed by atoms with Gasteiger partial charge in [-0.15, -0.1) is 0 Å². The van der Waals surface area contributed by atoms with Crippen LogP contribution < -0.4 is 15.9 Å². The Balaban J connectivity index is 0.000000352. The minimum absolute atomic E-state index is 0.873. The fourth-order valence-corrected chi connectivity index (χ4v) is 5.03. The molecule has 0 aliphatic rings. The first-order chi connectivity index (χ1) is 12.5. The zero-order valence-electron chi connectivity index (χ0n) is 13.7. The fraction of sp³-hybridized carbons (Fsp3) is 0. The zero-order valence-corrected chi connectivity index (χ0v) is 14.6. The highest BCUT2D eigenvalue weighted by atomic mass is 31.2. The van der Waals surface area contributed by atoms with Crippen molar-refractivity contribution in [2.24, 2.45) is 0 Å². The third-order valence-electron chi connectivity index (χ3n) is 3.54. The summed E-state index contributed by atoms with van der Waals surface area (Å²) in [7, 11) is -2.78. The predicted octanol–water partition coefficient (Wildman–Crippen LogP) is 2.48. The molecule has 2 N–H and O–H groups in total. The van der Waals surface area contributed by atoms with Gasteiger partial charge in [-0.2, -0.15) is 0 Å². The number of carbonyl (C=O) groups is 2. The molecule has 0 spiro atoms. The van der Waals surface area contributed by atoms with Crippen LogP contribution in [0.1, 0.15) is 0 Å². The molecule has 0 heterocycles. The second-order valence-corrected chi connectivity index (χ2v) is 7.99. The van der Waals surface area contributed by atoms with E-state index in [2.05, 4.69) is 0 Å². The third-order valence-corrected chi connectivity index (χ3v) is 6.62. The van der Waals surface area contributed by atoms with Gasteiger partial charge in [-0.3, -0.25) is 0 Å². The van der Waals surface area contributed by atoms with E-state index in [1.165, 1.54) is 0 Å². The molecule has 132 valence electrons. The summed E-state index contributed by atoms with van der Waals surface area (Å²) in [5, 5.41) is 17.4. The molecule has 3 rings (SSSR count). The van der Waals surface area contributed by atoms with Gasteiger partial charge >= 0.3 is 11.9 Å². The van der Waals surface area contributed by atoms with Crippen molar-refractivity contribution in [3.63, 3.8) is 0 Å². The van der Waals surface area contributed by atoms with Crippen molar-refractivity contribution in [1.29, 1.82) is 0 Å². The van der Waals surface area contributed by atoms with Crippen molar-refractivity contribution >= 4 is 35.0 Å². The number of aliphatic carboxylic acids is 2. The number of hydrogen-bond donors (Lipinski definition) is 2. The second kappa shape index (κ2) is 8.79. The number of benzene rings is 3. The van der Waals surface area contributed by atoms with Crippen LogP contribution in [0.4, 0.5) is 0 Å². The van der Waals surface area contributed by atoms with Crippen LogP contribution in [0.5, 0.6) is 0 Å². The van der Waals surface area contributed by atoms with Crippen LogP contribution in [-0.4, -0.2) is 22.2 Å². The number of rotatable bonds is 3.